The van der Waals surface area contributed by atoms with Crippen LogP contribution in [-0.4, -0.2) is 49.3 Å². The first kappa shape index (κ1) is 14.9. The van der Waals surface area contributed by atoms with Crippen molar-refractivity contribution in [2.45, 2.75) is 58.5 Å². The first-order valence-electron chi connectivity index (χ1n) is 7.06. The van der Waals surface area contributed by atoms with Gasteiger partial charge in [0.2, 0.25) is 0 Å². The Hall–Kier alpha value is -0.120. The second-order valence-electron chi connectivity index (χ2n) is 6.20. The van der Waals surface area contributed by atoms with Crippen LogP contribution in [0.5, 0.6) is 0 Å². The van der Waals surface area contributed by atoms with Crippen molar-refractivity contribution < 1.29 is 4.74 Å². The van der Waals surface area contributed by atoms with E-state index in [4.69, 9.17) is 4.74 Å². The highest BCUT2D eigenvalue weighted by Gasteiger charge is 2.17. The van der Waals surface area contributed by atoms with Crippen LogP contribution >= 0.6 is 0 Å². The van der Waals surface area contributed by atoms with Crippen molar-refractivity contribution in [3.05, 3.63) is 0 Å². The van der Waals surface area contributed by atoms with Crippen molar-refractivity contribution in [3.8, 4) is 0 Å². The molecule has 3 heteroatoms. The molecule has 1 aliphatic heterocycles. The third-order valence-corrected chi connectivity index (χ3v) is 3.28. The van der Waals surface area contributed by atoms with E-state index in [1.807, 2.05) is 0 Å². The first-order valence-corrected chi connectivity index (χ1v) is 7.06. The number of unbranched alkanes of at least 4 members (excludes halogenated alkanes) is 2. The number of morpholine rings is 1. The molecule has 1 fully saturated rings. The van der Waals surface area contributed by atoms with E-state index in [-0.39, 0.29) is 5.54 Å². The molecule has 0 saturated carbocycles. The number of hydrogen-bond acceptors (Lipinski definition) is 3. The van der Waals surface area contributed by atoms with Gasteiger partial charge in [0.25, 0.3) is 0 Å². The van der Waals surface area contributed by atoms with Crippen molar-refractivity contribution in [2.24, 2.45) is 0 Å². The molecule has 3 nitrogen and oxygen atoms in total. The van der Waals surface area contributed by atoms with Crippen LogP contribution in [0.25, 0.3) is 0 Å². The average Bonchev–Trinajstić information content (AvgIpc) is 2.24. The molecule has 0 aromatic rings. The fourth-order valence-corrected chi connectivity index (χ4v) is 2.17. The summed E-state index contributed by atoms with van der Waals surface area (Å²) in [5.74, 6) is 0. The van der Waals surface area contributed by atoms with Crippen LogP contribution in [0.1, 0.15) is 47.0 Å². The molecular weight excluding hydrogens is 212 g/mol. The van der Waals surface area contributed by atoms with Gasteiger partial charge in [-0.2, -0.15) is 0 Å². The fourth-order valence-electron chi connectivity index (χ4n) is 2.17. The predicted molar refractivity (Wildman–Crippen MR) is 73.5 cm³/mol. The Morgan fingerprint density at radius 1 is 1.24 bits per heavy atom. The third kappa shape index (κ3) is 7.02. The summed E-state index contributed by atoms with van der Waals surface area (Å²) in [7, 11) is 0. The van der Waals surface area contributed by atoms with Gasteiger partial charge in [0, 0.05) is 18.1 Å². The summed E-state index contributed by atoms with van der Waals surface area (Å²) in [6.45, 7) is 14.2. The van der Waals surface area contributed by atoms with Crippen molar-refractivity contribution in [1.82, 2.24) is 10.2 Å². The van der Waals surface area contributed by atoms with E-state index in [1.165, 1.54) is 25.8 Å². The molecule has 1 heterocycles. The van der Waals surface area contributed by atoms with Crippen LogP contribution < -0.4 is 5.32 Å². The Morgan fingerprint density at radius 2 is 2.00 bits per heavy atom. The van der Waals surface area contributed by atoms with Gasteiger partial charge in [0.15, 0.2) is 0 Å². The van der Waals surface area contributed by atoms with Crippen LogP contribution in [0.4, 0.5) is 0 Å². The lowest BCUT2D eigenvalue weighted by Gasteiger charge is -2.33. The van der Waals surface area contributed by atoms with Crippen LogP contribution in [0.15, 0.2) is 0 Å². The van der Waals surface area contributed by atoms with Crippen molar-refractivity contribution in [2.75, 3.05) is 32.8 Å². The lowest BCUT2D eigenvalue weighted by Crippen LogP contribution is -2.44. The van der Waals surface area contributed by atoms with E-state index in [0.717, 1.165) is 26.3 Å². The summed E-state index contributed by atoms with van der Waals surface area (Å²) >= 11 is 0. The Morgan fingerprint density at radius 3 is 2.65 bits per heavy atom. The smallest absolute Gasteiger partial charge is 0.0619 e. The summed E-state index contributed by atoms with van der Waals surface area (Å²) in [5, 5.41) is 3.54. The first-order chi connectivity index (χ1) is 7.99. The molecular formula is C14H30N2O. The van der Waals surface area contributed by atoms with E-state index in [2.05, 4.69) is 37.9 Å². The van der Waals surface area contributed by atoms with Gasteiger partial charge in [-0.05, 0) is 53.6 Å². The molecule has 0 aromatic carbocycles. The lowest BCUT2D eigenvalue weighted by atomic mass is 10.1. The molecule has 17 heavy (non-hydrogen) atoms. The van der Waals surface area contributed by atoms with Crippen molar-refractivity contribution in [3.63, 3.8) is 0 Å². The van der Waals surface area contributed by atoms with Crippen molar-refractivity contribution in [1.29, 1.82) is 0 Å². The molecule has 0 spiro atoms. The number of hydrogen-bond donors (Lipinski definition) is 1. The van der Waals surface area contributed by atoms with E-state index >= 15 is 0 Å². The van der Waals surface area contributed by atoms with Gasteiger partial charge in [-0.25, -0.2) is 0 Å². The second kappa shape index (κ2) is 7.34. The zero-order valence-electron chi connectivity index (χ0n) is 12.1. The van der Waals surface area contributed by atoms with Gasteiger partial charge in [0.05, 0.1) is 13.2 Å². The van der Waals surface area contributed by atoms with Gasteiger partial charge >= 0.3 is 0 Å². The highest BCUT2D eigenvalue weighted by atomic mass is 16.5. The standard InChI is InChI=1S/C14H30N2O/c1-13-12-17-11-10-16(13)9-7-5-6-8-15-14(2,3)4/h13,15H,5-12H2,1-4H3. The van der Waals surface area contributed by atoms with Gasteiger partial charge in [-0.3, -0.25) is 4.90 Å². The highest BCUT2D eigenvalue weighted by Crippen LogP contribution is 2.08. The molecule has 0 aromatic heterocycles. The zero-order chi connectivity index (χ0) is 12.7. The number of nitrogens with zero attached hydrogens (tertiary/aromatic N) is 1. The van der Waals surface area contributed by atoms with E-state index in [9.17, 15) is 0 Å². The summed E-state index contributed by atoms with van der Waals surface area (Å²) in [6.07, 6.45) is 3.93. The minimum Gasteiger partial charge on any atom is -0.379 e. The van der Waals surface area contributed by atoms with Crippen LogP contribution in [0.3, 0.4) is 0 Å². The molecule has 1 unspecified atom stereocenters. The molecule has 1 atom stereocenters. The fraction of sp³-hybridized carbons (Fsp3) is 1.00. The third-order valence-electron chi connectivity index (χ3n) is 3.28. The Balaban J connectivity index is 1.96. The van der Waals surface area contributed by atoms with E-state index < -0.39 is 0 Å². The zero-order valence-corrected chi connectivity index (χ0v) is 12.1. The molecule has 1 N–H and O–H groups in total. The maximum atomic E-state index is 5.44. The molecule has 0 aliphatic carbocycles. The average molecular weight is 242 g/mol. The number of rotatable bonds is 6. The highest BCUT2D eigenvalue weighted by molar-refractivity contribution is 4.72. The SMILES string of the molecule is CC1COCCN1CCCCCNC(C)(C)C. The minimum absolute atomic E-state index is 0.263. The molecule has 1 saturated heterocycles. The number of ether oxygens (including phenoxy) is 1. The van der Waals surface area contributed by atoms with Crippen molar-refractivity contribution >= 4 is 0 Å². The quantitative estimate of drug-likeness (QED) is 0.723. The largest absolute Gasteiger partial charge is 0.379 e. The topological polar surface area (TPSA) is 24.5 Å². The number of nitrogens with one attached hydrogen (secondary N) is 1. The summed E-state index contributed by atoms with van der Waals surface area (Å²) in [6, 6.07) is 0.608. The summed E-state index contributed by atoms with van der Waals surface area (Å²) in [5.41, 5.74) is 0.263. The van der Waals surface area contributed by atoms with Gasteiger partial charge in [0.1, 0.15) is 0 Å². The molecule has 102 valence electrons. The minimum atomic E-state index is 0.263. The molecule has 0 amide bonds. The van der Waals surface area contributed by atoms with E-state index in [1.54, 1.807) is 0 Å². The van der Waals surface area contributed by atoms with E-state index in [0.29, 0.717) is 6.04 Å². The Kier molecular flexibility index (Phi) is 6.45. The van der Waals surface area contributed by atoms with Crippen LogP contribution in [-0.2, 0) is 4.74 Å². The lowest BCUT2D eigenvalue weighted by molar-refractivity contribution is -0.000909. The predicted octanol–water partition coefficient (Wildman–Crippen LogP) is 2.27. The maximum absolute atomic E-state index is 5.44. The van der Waals surface area contributed by atoms with Crippen LogP contribution in [0.2, 0.25) is 0 Å². The van der Waals surface area contributed by atoms with Gasteiger partial charge in [-0.15, -0.1) is 0 Å². The molecule has 1 rings (SSSR count). The van der Waals surface area contributed by atoms with Gasteiger partial charge < -0.3 is 10.1 Å². The summed E-state index contributed by atoms with van der Waals surface area (Å²) in [4.78, 5) is 2.56. The maximum Gasteiger partial charge on any atom is 0.0619 e. The molecule has 0 bridgehead atoms. The normalized spacial score (nSPS) is 22.9. The second-order valence-corrected chi connectivity index (χ2v) is 6.20. The molecule has 1 aliphatic rings. The van der Waals surface area contributed by atoms with Crippen LogP contribution in [0, 0.1) is 0 Å². The Labute approximate surface area is 107 Å². The molecule has 0 radical (unpaired) electrons. The summed E-state index contributed by atoms with van der Waals surface area (Å²) < 4.78 is 5.44. The Bertz CT molecular complexity index is 201. The van der Waals surface area contributed by atoms with Gasteiger partial charge in [-0.1, -0.05) is 6.42 Å². The monoisotopic (exact) mass is 242 g/mol.